The van der Waals surface area contributed by atoms with Crippen LogP contribution in [0.5, 0.6) is 5.75 Å². The van der Waals surface area contributed by atoms with Gasteiger partial charge in [-0.3, -0.25) is 9.59 Å². The largest absolute Gasteiger partial charge is 0.486 e. The first kappa shape index (κ1) is 20.0. The summed E-state index contributed by atoms with van der Waals surface area (Å²) in [5, 5.41) is 17.0. The standard InChI is InChI=1S/C20H22N6O3/c1-13(2)26-19(23-24-25-26)12-29-18-10-4-15(5-11-18)20(28)22-17-8-6-16(7-9-17)21-14(3)27/h4-11,13H,12H2,1-3H3,(H,21,27)(H,22,28). The number of aromatic nitrogens is 4. The minimum atomic E-state index is -0.243. The maximum absolute atomic E-state index is 12.4. The van der Waals surface area contributed by atoms with Crippen LogP contribution in [0.25, 0.3) is 0 Å². The minimum Gasteiger partial charge on any atom is -0.486 e. The molecule has 1 heterocycles. The van der Waals surface area contributed by atoms with Crippen molar-refractivity contribution in [1.29, 1.82) is 0 Å². The molecule has 150 valence electrons. The molecule has 2 N–H and O–H groups in total. The Kier molecular flexibility index (Phi) is 6.18. The summed E-state index contributed by atoms with van der Waals surface area (Å²) < 4.78 is 7.40. The molecule has 0 bridgehead atoms. The number of nitrogens with one attached hydrogen (secondary N) is 2. The Labute approximate surface area is 168 Å². The molecule has 0 aliphatic rings. The molecule has 0 saturated carbocycles. The van der Waals surface area contributed by atoms with Gasteiger partial charge in [0.1, 0.15) is 12.4 Å². The number of amides is 2. The van der Waals surface area contributed by atoms with E-state index in [9.17, 15) is 9.59 Å². The van der Waals surface area contributed by atoms with Crippen LogP contribution in [0.2, 0.25) is 0 Å². The van der Waals surface area contributed by atoms with Crippen LogP contribution in [0, 0.1) is 0 Å². The van der Waals surface area contributed by atoms with Gasteiger partial charge < -0.3 is 15.4 Å². The summed E-state index contributed by atoms with van der Waals surface area (Å²) >= 11 is 0. The number of carbonyl (C=O) groups is 2. The summed E-state index contributed by atoms with van der Waals surface area (Å²) in [6, 6.07) is 13.8. The van der Waals surface area contributed by atoms with E-state index in [1.807, 2.05) is 13.8 Å². The Morgan fingerprint density at radius 3 is 2.21 bits per heavy atom. The monoisotopic (exact) mass is 394 g/mol. The van der Waals surface area contributed by atoms with Crippen LogP contribution in [0.15, 0.2) is 48.5 Å². The molecule has 0 aliphatic carbocycles. The Hall–Kier alpha value is -3.75. The highest BCUT2D eigenvalue weighted by atomic mass is 16.5. The Balaban J connectivity index is 1.57. The van der Waals surface area contributed by atoms with Crippen LogP contribution < -0.4 is 15.4 Å². The van der Waals surface area contributed by atoms with Crippen molar-refractivity contribution in [3.63, 3.8) is 0 Å². The second-order valence-corrected chi connectivity index (χ2v) is 6.66. The van der Waals surface area contributed by atoms with Crippen molar-refractivity contribution in [1.82, 2.24) is 20.2 Å². The van der Waals surface area contributed by atoms with Crippen molar-refractivity contribution in [2.75, 3.05) is 10.6 Å². The number of carbonyl (C=O) groups excluding carboxylic acids is 2. The maximum atomic E-state index is 12.4. The Bertz CT molecular complexity index is 980. The molecule has 0 unspecified atom stereocenters. The molecular formula is C20H22N6O3. The van der Waals surface area contributed by atoms with Gasteiger partial charge in [0.05, 0.1) is 6.04 Å². The second kappa shape index (κ2) is 8.96. The van der Waals surface area contributed by atoms with Gasteiger partial charge >= 0.3 is 0 Å². The molecule has 2 amide bonds. The highest BCUT2D eigenvalue weighted by Gasteiger charge is 2.11. The normalized spacial score (nSPS) is 10.6. The van der Waals surface area contributed by atoms with Gasteiger partial charge in [-0.05, 0) is 72.8 Å². The zero-order valence-electron chi connectivity index (χ0n) is 16.4. The highest BCUT2D eigenvalue weighted by molar-refractivity contribution is 6.04. The summed E-state index contributed by atoms with van der Waals surface area (Å²) in [5.74, 6) is 0.849. The number of hydrogen-bond acceptors (Lipinski definition) is 6. The molecule has 0 saturated heterocycles. The first-order valence-corrected chi connectivity index (χ1v) is 9.11. The van der Waals surface area contributed by atoms with Gasteiger partial charge in [0.15, 0.2) is 5.82 Å². The lowest BCUT2D eigenvalue weighted by molar-refractivity contribution is -0.114. The third-order valence-electron chi connectivity index (χ3n) is 4.00. The molecule has 3 aromatic rings. The van der Waals surface area contributed by atoms with E-state index in [0.717, 1.165) is 0 Å². The molecule has 0 atom stereocenters. The third-order valence-corrected chi connectivity index (χ3v) is 4.00. The van der Waals surface area contributed by atoms with Crippen LogP contribution in [0.1, 0.15) is 43.0 Å². The fraction of sp³-hybridized carbons (Fsp3) is 0.250. The van der Waals surface area contributed by atoms with Crippen LogP contribution >= 0.6 is 0 Å². The third kappa shape index (κ3) is 5.38. The zero-order valence-corrected chi connectivity index (χ0v) is 16.4. The predicted octanol–water partition coefficient (Wildman–Crippen LogP) is 3.04. The molecule has 2 aromatic carbocycles. The molecule has 0 aliphatic heterocycles. The van der Waals surface area contributed by atoms with Gasteiger partial charge in [-0.15, -0.1) is 5.10 Å². The SMILES string of the molecule is CC(=O)Nc1ccc(NC(=O)c2ccc(OCc3nnnn3C(C)C)cc2)cc1. The number of benzene rings is 2. The molecule has 9 heteroatoms. The van der Waals surface area contributed by atoms with Crippen LogP contribution in [0.4, 0.5) is 11.4 Å². The number of hydrogen-bond donors (Lipinski definition) is 2. The molecule has 0 fully saturated rings. The van der Waals surface area contributed by atoms with E-state index in [4.69, 9.17) is 4.74 Å². The number of tetrazole rings is 1. The number of rotatable bonds is 7. The Morgan fingerprint density at radius 2 is 1.62 bits per heavy atom. The Morgan fingerprint density at radius 1 is 1.00 bits per heavy atom. The first-order valence-electron chi connectivity index (χ1n) is 9.11. The first-order chi connectivity index (χ1) is 13.9. The van der Waals surface area contributed by atoms with Crippen molar-refractivity contribution in [2.24, 2.45) is 0 Å². The average Bonchev–Trinajstić information content (AvgIpc) is 3.17. The molecule has 29 heavy (non-hydrogen) atoms. The summed E-state index contributed by atoms with van der Waals surface area (Å²) in [6.07, 6.45) is 0. The fourth-order valence-electron chi connectivity index (χ4n) is 2.60. The lowest BCUT2D eigenvalue weighted by Gasteiger charge is -2.10. The highest BCUT2D eigenvalue weighted by Crippen LogP contribution is 2.17. The summed E-state index contributed by atoms with van der Waals surface area (Å²) in [7, 11) is 0. The smallest absolute Gasteiger partial charge is 0.255 e. The van der Waals surface area contributed by atoms with Gasteiger partial charge in [0.2, 0.25) is 5.91 Å². The number of anilines is 2. The molecular weight excluding hydrogens is 372 g/mol. The predicted molar refractivity (Wildman–Crippen MR) is 108 cm³/mol. The van der Waals surface area contributed by atoms with Crippen molar-refractivity contribution >= 4 is 23.2 Å². The van der Waals surface area contributed by atoms with Gasteiger partial charge in [0.25, 0.3) is 5.91 Å². The molecule has 3 rings (SSSR count). The van der Waals surface area contributed by atoms with Gasteiger partial charge in [-0.2, -0.15) is 0 Å². The van der Waals surface area contributed by atoms with E-state index >= 15 is 0 Å². The van der Waals surface area contributed by atoms with E-state index in [-0.39, 0.29) is 24.5 Å². The molecule has 1 aromatic heterocycles. The second-order valence-electron chi connectivity index (χ2n) is 6.66. The van der Waals surface area contributed by atoms with Gasteiger partial charge in [0, 0.05) is 23.9 Å². The van der Waals surface area contributed by atoms with Gasteiger partial charge in [-0.25, -0.2) is 4.68 Å². The van der Waals surface area contributed by atoms with Crippen molar-refractivity contribution in [3.8, 4) is 5.75 Å². The zero-order chi connectivity index (χ0) is 20.8. The van der Waals surface area contributed by atoms with Crippen LogP contribution in [-0.2, 0) is 11.4 Å². The maximum Gasteiger partial charge on any atom is 0.255 e. The van der Waals surface area contributed by atoms with Gasteiger partial charge in [-0.1, -0.05) is 0 Å². The molecule has 0 radical (unpaired) electrons. The van der Waals surface area contributed by atoms with E-state index in [1.54, 1.807) is 53.2 Å². The van der Waals surface area contributed by atoms with Crippen LogP contribution in [0.3, 0.4) is 0 Å². The van der Waals surface area contributed by atoms with Crippen LogP contribution in [-0.4, -0.2) is 32.0 Å². The molecule has 0 spiro atoms. The number of nitrogens with zero attached hydrogens (tertiary/aromatic N) is 4. The molecule has 9 nitrogen and oxygen atoms in total. The topological polar surface area (TPSA) is 111 Å². The summed E-state index contributed by atoms with van der Waals surface area (Å²) in [4.78, 5) is 23.4. The van der Waals surface area contributed by atoms with E-state index < -0.39 is 0 Å². The van der Waals surface area contributed by atoms with E-state index in [1.165, 1.54) is 6.92 Å². The summed E-state index contributed by atoms with van der Waals surface area (Å²) in [6.45, 7) is 5.65. The lowest BCUT2D eigenvalue weighted by atomic mass is 10.2. The van der Waals surface area contributed by atoms with E-state index in [0.29, 0.717) is 28.5 Å². The fourth-order valence-corrected chi connectivity index (χ4v) is 2.60. The lowest BCUT2D eigenvalue weighted by Crippen LogP contribution is -2.12. The van der Waals surface area contributed by atoms with Crippen molar-refractivity contribution < 1.29 is 14.3 Å². The van der Waals surface area contributed by atoms with E-state index in [2.05, 4.69) is 26.2 Å². The number of ether oxygens (including phenoxy) is 1. The van der Waals surface area contributed by atoms with Crippen molar-refractivity contribution in [3.05, 3.63) is 59.9 Å². The summed E-state index contributed by atoms with van der Waals surface area (Å²) in [5.41, 5.74) is 1.79. The van der Waals surface area contributed by atoms with Crippen molar-refractivity contribution in [2.45, 2.75) is 33.4 Å². The average molecular weight is 394 g/mol. The quantitative estimate of drug-likeness (QED) is 0.637. The minimum absolute atomic E-state index is 0.141.